The van der Waals surface area contributed by atoms with Crippen molar-refractivity contribution < 1.29 is 19.4 Å². The molecule has 0 fully saturated rings. The van der Waals surface area contributed by atoms with Crippen molar-refractivity contribution in [2.45, 2.75) is 19.4 Å². The maximum absolute atomic E-state index is 11.0. The van der Waals surface area contributed by atoms with Gasteiger partial charge in [-0.2, -0.15) is 0 Å². The number of ether oxygens (including phenoxy) is 1. The molecule has 15 heavy (non-hydrogen) atoms. The SMILES string of the molecule is C=CCOC(=O)N[C@@H](CC(=C)C)C(=O)O. The average Bonchev–Trinajstić information content (AvgIpc) is 2.12. The Kier molecular flexibility index (Phi) is 5.85. The number of carbonyl (C=O) groups excluding carboxylic acids is 1. The van der Waals surface area contributed by atoms with Crippen LogP contribution in [0.4, 0.5) is 4.79 Å². The van der Waals surface area contributed by atoms with Gasteiger partial charge in [-0.3, -0.25) is 0 Å². The molecule has 0 saturated heterocycles. The number of alkyl carbamates (subject to hydrolysis) is 1. The lowest BCUT2D eigenvalue weighted by molar-refractivity contribution is -0.139. The van der Waals surface area contributed by atoms with Crippen LogP contribution in [0.1, 0.15) is 13.3 Å². The van der Waals surface area contributed by atoms with E-state index >= 15 is 0 Å². The first-order chi connectivity index (χ1) is 6.97. The van der Waals surface area contributed by atoms with Crippen LogP contribution < -0.4 is 5.32 Å². The number of rotatable bonds is 6. The summed E-state index contributed by atoms with van der Waals surface area (Å²) < 4.78 is 4.59. The largest absolute Gasteiger partial charge is 0.480 e. The third kappa shape index (κ3) is 6.31. The summed E-state index contributed by atoms with van der Waals surface area (Å²) in [6.07, 6.45) is 0.802. The molecule has 0 aliphatic heterocycles. The van der Waals surface area contributed by atoms with Crippen LogP contribution in [-0.2, 0) is 9.53 Å². The molecule has 5 heteroatoms. The van der Waals surface area contributed by atoms with Crippen LogP contribution in [0.5, 0.6) is 0 Å². The van der Waals surface area contributed by atoms with Crippen molar-refractivity contribution in [3.63, 3.8) is 0 Å². The summed E-state index contributed by atoms with van der Waals surface area (Å²) in [6, 6.07) is -1.00. The van der Waals surface area contributed by atoms with E-state index in [0.717, 1.165) is 0 Å². The Morgan fingerprint density at radius 1 is 1.60 bits per heavy atom. The van der Waals surface area contributed by atoms with Crippen LogP contribution in [0, 0.1) is 0 Å². The lowest BCUT2D eigenvalue weighted by Crippen LogP contribution is -2.41. The van der Waals surface area contributed by atoms with E-state index in [-0.39, 0.29) is 13.0 Å². The monoisotopic (exact) mass is 213 g/mol. The Morgan fingerprint density at radius 3 is 2.60 bits per heavy atom. The summed E-state index contributed by atoms with van der Waals surface area (Å²) in [5, 5.41) is 11.0. The van der Waals surface area contributed by atoms with E-state index in [9.17, 15) is 9.59 Å². The van der Waals surface area contributed by atoms with E-state index in [2.05, 4.69) is 23.2 Å². The van der Waals surface area contributed by atoms with Crippen LogP contribution in [-0.4, -0.2) is 29.8 Å². The van der Waals surface area contributed by atoms with Gasteiger partial charge in [0.1, 0.15) is 12.6 Å². The quantitative estimate of drug-likeness (QED) is 0.652. The summed E-state index contributed by atoms with van der Waals surface area (Å²) in [7, 11) is 0. The first-order valence-corrected chi connectivity index (χ1v) is 4.38. The number of nitrogens with one attached hydrogen (secondary N) is 1. The fourth-order valence-electron chi connectivity index (χ4n) is 0.867. The zero-order valence-electron chi connectivity index (χ0n) is 8.66. The third-order valence-corrected chi connectivity index (χ3v) is 1.48. The number of hydrogen-bond acceptors (Lipinski definition) is 3. The van der Waals surface area contributed by atoms with Gasteiger partial charge in [-0.05, 0) is 13.3 Å². The van der Waals surface area contributed by atoms with E-state index in [0.29, 0.717) is 5.57 Å². The molecule has 0 saturated carbocycles. The molecule has 2 N–H and O–H groups in total. The van der Waals surface area contributed by atoms with Gasteiger partial charge in [0.15, 0.2) is 0 Å². The Hall–Kier alpha value is -1.78. The predicted molar refractivity (Wildman–Crippen MR) is 55.5 cm³/mol. The Balaban J connectivity index is 4.16. The Bertz CT molecular complexity index is 273. The van der Waals surface area contributed by atoms with E-state index in [1.165, 1.54) is 6.08 Å². The van der Waals surface area contributed by atoms with Crippen LogP contribution in [0.15, 0.2) is 24.8 Å². The zero-order chi connectivity index (χ0) is 11.8. The molecule has 0 aromatic heterocycles. The summed E-state index contributed by atoms with van der Waals surface area (Å²) in [5.41, 5.74) is 0.673. The van der Waals surface area contributed by atoms with Gasteiger partial charge in [0.05, 0.1) is 0 Å². The molecule has 0 rings (SSSR count). The second kappa shape index (κ2) is 6.64. The minimum atomic E-state index is -1.12. The first kappa shape index (κ1) is 13.2. The van der Waals surface area contributed by atoms with E-state index in [4.69, 9.17) is 5.11 Å². The van der Waals surface area contributed by atoms with Crippen molar-refractivity contribution in [3.8, 4) is 0 Å². The third-order valence-electron chi connectivity index (χ3n) is 1.48. The molecule has 84 valence electrons. The van der Waals surface area contributed by atoms with Gasteiger partial charge in [-0.25, -0.2) is 9.59 Å². The van der Waals surface area contributed by atoms with Crippen LogP contribution >= 0.6 is 0 Å². The number of aliphatic carboxylic acids is 1. The first-order valence-electron chi connectivity index (χ1n) is 4.38. The minimum Gasteiger partial charge on any atom is -0.480 e. The van der Waals surface area contributed by atoms with Crippen LogP contribution in [0.2, 0.25) is 0 Å². The summed E-state index contributed by atoms with van der Waals surface area (Å²) in [4.78, 5) is 21.7. The zero-order valence-corrected chi connectivity index (χ0v) is 8.66. The van der Waals surface area contributed by atoms with Crippen LogP contribution in [0.3, 0.4) is 0 Å². The van der Waals surface area contributed by atoms with Crippen molar-refractivity contribution in [1.29, 1.82) is 0 Å². The van der Waals surface area contributed by atoms with E-state index in [1.54, 1.807) is 6.92 Å². The molecule has 1 atom stereocenters. The predicted octanol–water partition coefficient (Wildman–Crippen LogP) is 1.32. The van der Waals surface area contributed by atoms with Crippen molar-refractivity contribution >= 4 is 12.1 Å². The lowest BCUT2D eigenvalue weighted by atomic mass is 10.1. The maximum atomic E-state index is 11.0. The minimum absolute atomic E-state index is 0.0469. The fraction of sp³-hybridized carbons (Fsp3) is 0.400. The van der Waals surface area contributed by atoms with Crippen LogP contribution in [0.25, 0.3) is 0 Å². The second-order valence-corrected chi connectivity index (χ2v) is 3.08. The van der Waals surface area contributed by atoms with Gasteiger partial charge in [0.2, 0.25) is 0 Å². The van der Waals surface area contributed by atoms with Crippen molar-refractivity contribution in [2.24, 2.45) is 0 Å². The highest BCUT2D eigenvalue weighted by Crippen LogP contribution is 2.02. The number of carboxylic acids is 1. The van der Waals surface area contributed by atoms with Gasteiger partial charge in [-0.15, -0.1) is 6.58 Å². The number of hydrogen-bond donors (Lipinski definition) is 2. The highest BCUT2D eigenvalue weighted by Gasteiger charge is 2.20. The summed E-state index contributed by atoms with van der Waals surface area (Å²) >= 11 is 0. The number of amides is 1. The summed E-state index contributed by atoms with van der Waals surface area (Å²) in [5.74, 6) is -1.12. The molecule has 0 heterocycles. The molecule has 0 radical (unpaired) electrons. The average molecular weight is 213 g/mol. The topological polar surface area (TPSA) is 75.6 Å². The fourth-order valence-corrected chi connectivity index (χ4v) is 0.867. The molecule has 0 aliphatic carbocycles. The van der Waals surface area contributed by atoms with Gasteiger partial charge in [0.25, 0.3) is 0 Å². The molecule has 0 unspecified atom stereocenters. The number of carboxylic acid groups (broad SMARTS) is 1. The molecule has 1 amide bonds. The molecule has 0 spiro atoms. The van der Waals surface area contributed by atoms with Crippen molar-refractivity contribution in [3.05, 3.63) is 24.8 Å². The molecule has 0 aliphatic rings. The van der Waals surface area contributed by atoms with Crippen molar-refractivity contribution in [1.82, 2.24) is 5.32 Å². The smallest absolute Gasteiger partial charge is 0.408 e. The molecular formula is C10H15NO4. The molecule has 0 aromatic carbocycles. The highest BCUT2D eigenvalue weighted by atomic mass is 16.5. The molecule has 5 nitrogen and oxygen atoms in total. The normalized spacial score (nSPS) is 11.3. The highest BCUT2D eigenvalue weighted by molar-refractivity contribution is 5.80. The van der Waals surface area contributed by atoms with Gasteiger partial charge < -0.3 is 15.2 Å². The molecular weight excluding hydrogens is 198 g/mol. The van der Waals surface area contributed by atoms with Gasteiger partial charge >= 0.3 is 12.1 Å². The summed E-state index contributed by atoms with van der Waals surface area (Å²) in [6.45, 7) is 8.67. The standard InChI is InChI=1S/C10H15NO4/c1-4-5-15-10(14)11-8(9(12)13)6-7(2)3/h4,8H,1-2,5-6H2,3H3,(H,11,14)(H,12,13)/t8-/m0/s1. The van der Waals surface area contributed by atoms with Gasteiger partial charge in [-0.1, -0.05) is 18.2 Å². The van der Waals surface area contributed by atoms with Gasteiger partial charge in [0, 0.05) is 0 Å². The van der Waals surface area contributed by atoms with Crippen molar-refractivity contribution in [2.75, 3.05) is 6.61 Å². The second-order valence-electron chi connectivity index (χ2n) is 3.08. The van der Waals surface area contributed by atoms with E-state index in [1.807, 2.05) is 0 Å². The number of carbonyl (C=O) groups is 2. The maximum Gasteiger partial charge on any atom is 0.408 e. The molecule has 0 aromatic rings. The molecule has 0 bridgehead atoms. The van der Waals surface area contributed by atoms with E-state index < -0.39 is 18.1 Å². The Morgan fingerprint density at radius 2 is 2.20 bits per heavy atom. The Labute approximate surface area is 88.4 Å². The lowest BCUT2D eigenvalue weighted by Gasteiger charge is -2.13.